The lowest BCUT2D eigenvalue weighted by Crippen LogP contribution is -2.27. The number of rotatable bonds is 7. The van der Waals surface area contributed by atoms with Crippen molar-refractivity contribution in [2.24, 2.45) is 0 Å². The van der Waals surface area contributed by atoms with Crippen LogP contribution in [0.15, 0.2) is 42.5 Å². The molecule has 0 aliphatic heterocycles. The van der Waals surface area contributed by atoms with Crippen molar-refractivity contribution < 1.29 is 14.3 Å². The fourth-order valence-corrected chi connectivity index (χ4v) is 2.50. The van der Waals surface area contributed by atoms with E-state index in [1.165, 1.54) is 0 Å². The molecule has 0 atom stereocenters. The van der Waals surface area contributed by atoms with Gasteiger partial charge in [0, 0.05) is 17.6 Å². The van der Waals surface area contributed by atoms with Crippen LogP contribution in [-0.2, 0) is 17.6 Å². The van der Waals surface area contributed by atoms with Crippen LogP contribution in [0.4, 0.5) is 0 Å². The van der Waals surface area contributed by atoms with Crippen LogP contribution < -0.4 is 14.8 Å². The molecule has 0 bridgehead atoms. The summed E-state index contributed by atoms with van der Waals surface area (Å²) in [5.41, 5.74) is 1.92. The van der Waals surface area contributed by atoms with Crippen LogP contribution in [0.2, 0.25) is 5.02 Å². The van der Waals surface area contributed by atoms with Gasteiger partial charge in [0.2, 0.25) is 5.91 Å². The lowest BCUT2D eigenvalue weighted by Gasteiger charge is -2.11. The van der Waals surface area contributed by atoms with Crippen LogP contribution in [0.25, 0.3) is 0 Å². The molecule has 122 valence electrons. The van der Waals surface area contributed by atoms with Gasteiger partial charge in [0.05, 0.1) is 20.6 Å². The zero-order valence-electron chi connectivity index (χ0n) is 13.3. The minimum absolute atomic E-state index is 0.0280. The van der Waals surface area contributed by atoms with E-state index in [2.05, 4.69) is 5.32 Å². The molecule has 0 saturated heterocycles. The molecule has 0 radical (unpaired) electrons. The van der Waals surface area contributed by atoms with Crippen molar-refractivity contribution in [1.82, 2.24) is 5.32 Å². The topological polar surface area (TPSA) is 47.6 Å². The third-order valence-electron chi connectivity index (χ3n) is 3.46. The zero-order valence-corrected chi connectivity index (χ0v) is 14.0. The van der Waals surface area contributed by atoms with E-state index in [0.29, 0.717) is 24.4 Å². The first-order valence-electron chi connectivity index (χ1n) is 7.34. The summed E-state index contributed by atoms with van der Waals surface area (Å²) in [6.45, 7) is 0.544. The maximum atomic E-state index is 12.0. The standard InChI is InChI=1S/C18H20ClNO3/c1-22-16-7-6-14(17(12-16)23-2)8-9-20-18(21)11-13-4-3-5-15(19)10-13/h3-7,10,12H,8-9,11H2,1-2H3,(H,20,21). The Hall–Kier alpha value is -2.20. The number of carbonyl (C=O) groups is 1. The Morgan fingerprint density at radius 2 is 1.96 bits per heavy atom. The molecule has 5 heteroatoms. The zero-order chi connectivity index (χ0) is 16.7. The van der Waals surface area contributed by atoms with Gasteiger partial charge in [0.1, 0.15) is 11.5 Å². The molecule has 2 rings (SSSR count). The van der Waals surface area contributed by atoms with Gasteiger partial charge < -0.3 is 14.8 Å². The maximum Gasteiger partial charge on any atom is 0.224 e. The molecule has 4 nitrogen and oxygen atoms in total. The Bertz CT molecular complexity index is 673. The van der Waals surface area contributed by atoms with E-state index in [-0.39, 0.29) is 5.91 Å². The third kappa shape index (κ3) is 5.18. The summed E-state index contributed by atoms with van der Waals surface area (Å²) in [4.78, 5) is 12.0. The molecule has 1 amide bonds. The van der Waals surface area contributed by atoms with Crippen molar-refractivity contribution in [2.75, 3.05) is 20.8 Å². The number of hydrogen-bond acceptors (Lipinski definition) is 3. The number of halogens is 1. The fraction of sp³-hybridized carbons (Fsp3) is 0.278. The molecule has 0 aromatic heterocycles. The predicted octanol–water partition coefficient (Wildman–Crippen LogP) is 3.26. The normalized spacial score (nSPS) is 10.2. The molecule has 23 heavy (non-hydrogen) atoms. The van der Waals surface area contributed by atoms with E-state index in [1.54, 1.807) is 26.4 Å². The highest BCUT2D eigenvalue weighted by atomic mass is 35.5. The van der Waals surface area contributed by atoms with Gasteiger partial charge in [-0.05, 0) is 35.7 Å². The Morgan fingerprint density at radius 3 is 2.65 bits per heavy atom. The second-order valence-corrected chi connectivity index (χ2v) is 5.52. The van der Waals surface area contributed by atoms with Crippen LogP contribution >= 0.6 is 11.6 Å². The summed E-state index contributed by atoms with van der Waals surface area (Å²) in [7, 11) is 3.24. The minimum Gasteiger partial charge on any atom is -0.497 e. The average molecular weight is 334 g/mol. The van der Waals surface area contributed by atoms with Crippen LogP contribution in [0.1, 0.15) is 11.1 Å². The molecule has 1 N–H and O–H groups in total. The lowest BCUT2D eigenvalue weighted by atomic mass is 10.1. The lowest BCUT2D eigenvalue weighted by molar-refractivity contribution is -0.120. The average Bonchev–Trinajstić information content (AvgIpc) is 2.55. The summed E-state index contributed by atoms with van der Waals surface area (Å²) >= 11 is 5.91. The number of amides is 1. The molecule has 0 spiro atoms. The predicted molar refractivity (Wildman–Crippen MR) is 91.4 cm³/mol. The summed E-state index contributed by atoms with van der Waals surface area (Å²) in [5.74, 6) is 1.48. The van der Waals surface area contributed by atoms with Gasteiger partial charge in [-0.15, -0.1) is 0 Å². The van der Waals surface area contributed by atoms with Gasteiger partial charge in [-0.2, -0.15) is 0 Å². The van der Waals surface area contributed by atoms with Gasteiger partial charge in [0.25, 0.3) is 0 Å². The number of methoxy groups -OCH3 is 2. The van der Waals surface area contributed by atoms with Crippen molar-refractivity contribution in [1.29, 1.82) is 0 Å². The van der Waals surface area contributed by atoms with Crippen molar-refractivity contribution >= 4 is 17.5 Å². The van der Waals surface area contributed by atoms with E-state index < -0.39 is 0 Å². The second kappa shape index (κ2) is 8.44. The van der Waals surface area contributed by atoms with E-state index in [0.717, 1.165) is 22.6 Å². The third-order valence-corrected chi connectivity index (χ3v) is 3.70. The van der Waals surface area contributed by atoms with Crippen molar-refractivity contribution in [3.63, 3.8) is 0 Å². The number of carbonyl (C=O) groups excluding carboxylic acids is 1. The summed E-state index contributed by atoms with van der Waals surface area (Å²) in [5, 5.41) is 3.55. The Labute approximate surface area is 141 Å². The molecule has 2 aromatic rings. The van der Waals surface area contributed by atoms with Crippen molar-refractivity contribution in [2.45, 2.75) is 12.8 Å². The molecule has 0 saturated carbocycles. The van der Waals surface area contributed by atoms with Gasteiger partial charge in [-0.1, -0.05) is 29.8 Å². The van der Waals surface area contributed by atoms with E-state index in [9.17, 15) is 4.79 Å². The van der Waals surface area contributed by atoms with Crippen LogP contribution in [-0.4, -0.2) is 26.7 Å². The molecule has 0 aliphatic carbocycles. The second-order valence-electron chi connectivity index (χ2n) is 5.08. The highest BCUT2D eigenvalue weighted by molar-refractivity contribution is 6.30. The quantitative estimate of drug-likeness (QED) is 0.846. The molecule has 0 fully saturated rings. The molecule has 0 aliphatic rings. The van der Waals surface area contributed by atoms with Crippen LogP contribution in [0.5, 0.6) is 11.5 Å². The molecule has 0 heterocycles. The Kier molecular flexibility index (Phi) is 6.29. The largest absolute Gasteiger partial charge is 0.497 e. The first kappa shape index (κ1) is 17.2. The van der Waals surface area contributed by atoms with E-state index in [1.807, 2.05) is 30.3 Å². The van der Waals surface area contributed by atoms with Gasteiger partial charge in [0.15, 0.2) is 0 Å². The first-order valence-corrected chi connectivity index (χ1v) is 7.72. The maximum absolute atomic E-state index is 12.0. The van der Waals surface area contributed by atoms with Gasteiger partial charge in [-0.25, -0.2) is 0 Å². The SMILES string of the molecule is COc1ccc(CCNC(=O)Cc2cccc(Cl)c2)c(OC)c1. The number of hydrogen-bond donors (Lipinski definition) is 1. The molecule has 0 unspecified atom stereocenters. The summed E-state index contributed by atoms with van der Waals surface area (Å²) in [6.07, 6.45) is 1.01. The van der Waals surface area contributed by atoms with Crippen LogP contribution in [0.3, 0.4) is 0 Å². The van der Waals surface area contributed by atoms with Gasteiger partial charge >= 0.3 is 0 Å². The van der Waals surface area contributed by atoms with Crippen molar-refractivity contribution in [3.05, 3.63) is 58.6 Å². The Morgan fingerprint density at radius 1 is 1.13 bits per heavy atom. The number of benzene rings is 2. The summed E-state index contributed by atoms with van der Waals surface area (Å²) in [6, 6.07) is 13.0. The highest BCUT2D eigenvalue weighted by Crippen LogP contribution is 2.24. The fourth-order valence-electron chi connectivity index (χ4n) is 2.29. The van der Waals surface area contributed by atoms with Crippen molar-refractivity contribution in [3.8, 4) is 11.5 Å². The van der Waals surface area contributed by atoms with Gasteiger partial charge in [-0.3, -0.25) is 4.79 Å². The van der Waals surface area contributed by atoms with E-state index >= 15 is 0 Å². The number of ether oxygens (including phenoxy) is 2. The molecular formula is C18H20ClNO3. The smallest absolute Gasteiger partial charge is 0.224 e. The van der Waals surface area contributed by atoms with Crippen LogP contribution in [0, 0.1) is 0 Å². The summed E-state index contributed by atoms with van der Waals surface area (Å²) < 4.78 is 10.5. The number of nitrogens with one attached hydrogen (secondary N) is 1. The molecular weight excluding hydrogens is 314 g/mol. The van der Waals surface area contributed by atoms with E-state index in [4.69, 9.17) is 21.1 Å². The minimum atomic E-state index is -0.0280. The monoisotopic (exact) mass is 333 g/mol. The highest BCUT2D eigenvalue weighted by Gasteiger charge is 2.07. The molecule has 2 aromatic carbocycles. The Balaban J connectivity index is 1.86. The first-order chi connectivity index (χ1) is 11.1.